The quantitative estimate of drug-likeness (QED) is 0.825. The second-order valence-corrected chi connectivity index (χ2v) is 7.90. The molecular weight excluding hydrogens is 348 g/mol. The predicted octanol–water partition coefficient (Wildman–Crippen LogP) is 4.68. The fourth-order valence-electron chi connectivity index (χ4n) is 1.88. The number of thiophene rings is 1. The van der Waals surface area contributed by atoms with E-state index in [0.29, 0.717) is 22.1 Å². The van der Waals surface area contributed by atoms with E-state index in [0.717, 1.165) is 4.88 Å². The summed E-state index contributed by atoms with van der Waals surface area (Å²) in [4.78, 5) is 25.0. The zero-order chi connectivity index (χ0) is 17.7. The van der Waals surface area contributed by atoms with E-state index >= 15 is 0 Å². The Hall–Kier alpha value is -2.05. The molecule has 2 rings (SSSR count). The molecule has 24 heavy (non-hydrogen) atoms. The summed E-state index contributed by atoms with van der Waals surface area (Å²) in [6, 6.07) is 10.3. The Morgan fingerprint density at radius 3 is 2.58 bits per heavy atom. The molecule has 2 N–H and O–H groups in total. The Kier molecular flexibility index (Phi) is 5.85. The van der Waals surface area contributed by atoms with Gasteiger partial charge < -0.3 is 10.1 Å². The summed E-state index contributed by atoms with van der Waals surface area (Å²) in [5, 5.41) is 5.43. The van der Waals surface area contributed by atoms with Crippen LogP contribution in [0.2, 0.25) is 4.34 Å². The molecule has 2 amide bonds. The van der Waals surface area contributed by atoms with Gasteiger partial charge in [-0.1, -0.05) is 17.7 Å². The molecule has 0 spiro atoms. The zero-order valence-electron chi connectivity index (χ0n) is 13.7. The lowest BCUT2D eigenvalue weighted by Crippen LogP contribution is -2.27. The number of amides is 2. The van der Waals surface area contributed by atoms with E-state index < -0.39 is 11.7 Å². The molecular formula is C17H19ClN2O3S. The molecule has 0 saturated heterocycles. The van der Waals surface area contributed by atoms with Crippen LogP contribution >= 0.6 is 22.9 Å². The molecule has 0 unspecified atom stereocenters. The van der Waals surface area contributed by atoms with Crippen LogP contribution in [0.5, 0.6) is 0 Å². The van der Waals surface area contributed by atoms with Crippen LogP contribution in [0.15, 0.2) is 36.4 Å². The lowest BCUT2D eigenvalue weighted by atomic mass is 10.2. The van der Waals surface area contributed by atoms with Crippen molar-refractivity contribution in [3.63, 3.8) is 0 Å². The van der Waals surface area contributed by atoms with E-state index in [1.54, 1.807) is 51.1 Å². The molecule has 0 radical (unpaired) electrons. The molecule has 0 atom stereocenters. The van der Waals surface area contributed by atoms with Gasteiger partial charge in [-0.2, -0.15) is 0 Å². The van der Waals surface area contributed by atoms with Gasteiger partial charge in [0.2, 0.25) is 0 Å². The fraction of sp³-hybridized carbons (Fsp3) is 0.294. The van der Waals surface area contributed by atoms with Gasteiger partial charge in [0, 0.05) is 16.1 Å². The number of benzene rings is 1. The van der Waals surface area contributed by atoms with Crippen molar-refractivity contribution in [1.82, 2.24) is 5.32 Å². The highest BCUT2D eigenvalue weighted by atomic mass is 35.5. The van der Waals surface area contributed by atoms with Crippen molar-refractivity contribution in [1.29, 1.82) is 0 Å². The minimum atomic E-state index is -0.582. The Morgan fingerprint density at radius 2 is 1.96 bits per heavy atom. The van der Waals surface area contributed by atoms with Gasteiger partial charge in [0.25, 0.3) is 5.91 Å². The topological polar surface area (TPSA) is 67.4 Å². The maximum atomic E-state index is 12.2. The van der Waals surface area contributed by atoms with Crippen LogP contribution in [0.3, 0.4) is 0 Å². The lowest BCUT2D eigenvalue weighted by molar-refractivity contribution is 0.0635. The van der Waals surface area contributed by atoms with E-state index in [9.17, 15) is 9.59 Å². The van der Waals surface area contributed by atoms with Crippen LogP contribution in [-0.4, -0.2) is 17.6 Å². The fourth-order valence-corrected chi connectivity index (χ4v) is 2.90. The third kappa shape index (κ3) is 5.86. The molecule has 0 bridgehead atoms. The van der Waals surface area contributed by atoms with E-state index in [4.69, 9.17) is 16.3 Å². The minimum absolute atomic E-state index is 0.229. The Balaban J connectivity index is 1.96. The van der Waals surface area contributed by atoms with Crippen molar-refractivity contribution in [3.8, 4) is 0 Å². The summed E-state index contributed by atoms with van der Waals surface area (Å²) in [7, 11) is 0. The smallest absolute Gasteiger partial charge is 0.412 e. The number of rotatable bonds is 4. The molecule has 128 valence electrons. The Morgan fingerprint density at radius 1 is 1.21 bits per heavy atom. The molecule has 0 fully saturated rings. The first-order valence-electron chi connectivity index (χ1n) is 7.35. The highest BCUT2D eigenvalue weighted by Gasteiger charge is 2.16. The average molecular weight is 367 g/mol. The summed E-state index contributed by atoms with van der Waals surface area (Å²) in [6.45, 7) is 5.76. The average Bonchev–Trinajstić information content (AvgIpc) is 2.88. The third-order valence-corrected chi connectivity index (χ3v) is 4.05. The number of anilines is 1. The van der Waals surface area contributed by atoms with Crippen molar-refractivity contribution >= 4 is 40.6 Å². The van der Waals surface area contributed by atoms with Gasteiger partial charge in [0.1, 0.15) is 5.60 Å². The van der Waals surface area contributed by atoms with Gasteiger partial charge in [0.05, 0.1) is 10.9 Å². The number of carbonyl (C=O) groups excluding carboxylic acids is 2. The van der Waals surface area contributed by atoms with Crippen molar-refractivity contribution in [3.05, 3.63) is 51.2 Å². The maximum absolute atomic E-state index is 12.2. The first-order valence-corrected chi connectivity index (χ1v) is 8.55. The number of carbonyl (C=O) groups is 2. The second-order valence-electron chi connectivity index (χ2n) is 6.10. The minimum Gasteiger partial charge on any atom is -0.444 e. The number of halogens is 1. The highest BCUT2D eigenvalue weighted by Crippen LogP contribution is 2.21. The molecule has 2 aromatic rings. The van der Waals surface area contributed by atoms with Crippen LogP contribution in [0.4, 0.5) is 10.5 Å². The van der Waals surface area contributed by atoms with Gasteiger partial charge in [-0.05, 0) is 51.1 Å². The van der Waals surface area contributed by atoms with E-state index in [-0.39, 0.29) is 5.91 Å². The van der Waals surface area contributed by atoms with Crippen molar-refractivity contribution in [2.24, 2.45) is 0 Å². The Labute approximate surface area is 150 Å². The highest BCUT2D eigenvalue weighted by molar-refractivity contribution is 7.16. The van der Waals surface area contributed by atoms with Crippen molar-refractivity contribution in [2.75, 3.05) is 5.32 Å². The van der Waals surface area contributed by atoms with Crippen LogP contribution in [0.1, 0.15) is 36.0 Å². The van der Waals surface area contributed by atoms with Crippen LogP contribution in [0.25, 0.3) is 0 Å². The standard InChI is InChI=1S/C17H19ClN2O3S/c1-17(2,3)23-16(22)20-12-6-4-5-11(9-12)15(21)19-10-13-7-8-14(18)24-13/h4-9H,10H2,1-3H3,(H,19,21)(H,20,22). The molecule has 1 heterocycles. The van der Waals surface area contributed by atoms with E-state index in [1.165, 1.54) is 11.3 Å². The summed E-state index contributed by atoms with van der Waals surface area (Å²) >= 11 is 7.28. The van der Waals surface area contributed by atoms with Gasteiger partial charge in [-0.15, -0.1) is 11.3 Å². The Bertz CT molecular complexity index is 737. The van der Waals surface area contributed by atoms with Gasteiger partial charge in [-0.25, -0.2) is 4.79 Å². The third-order valence-electron chi connectivity index (χ3n) is 2.82. The molecule has 0 saturated carbocycles. The molecule has 0 aliphatic rings. The van der Waals surface area contributed by atoms with Gasteiger partial charge in [-0.3, -0.25) is 10.1 Å². The number of nitrogens with one attached hydrogen (secondary N) is 2. The molecule has 1 aromatic carbocycles. The first-order chi connectivity index (χ1) is 11.2. The molecule has 7 heteroatoms. The predicted molar refractivity (Wildman–Crippen MR) is 96.8 cm³/mol. The second kappa shape index (κ2) is 7.68. The van der Waals surface area contributed by atoms with Crippen molar-refractivity contribution < 1.29 is 14.3 Å². The summed E-state index contributed by atoms with van der Waals surface area (Å²) in [5.41, 5.74) is 0.364. The maximum Gasteiger partial charge on any atom is 0.412 e. The normalized spacial score (nSPS) is 11.0. The summed E-state index contributed by atoms with van der Waals surface area (Å²) in [5.74, 6) is -0.229. The molecule has 5 nitrogen and oxygen atoms in total. The molecule has 1 aromatic heterocycles. The SMILES string of the molecule is CC(C)(C)OC(=O)Nc1cccc(C(=O)NCc2ccc(Cl)s2)c1. The zero-order valence-corrected chi connectivity index (χ0v) is 15.3. The number of hydrogen-bond acceptors (Lipinski definition) is 4. The van der Waals surface area contributed by atoms with Gasteiger partial charge in [0.15, 0.2) is 0 Å². The number of hydrogen-bond donors (Lipinski definition) is 2. The van der Waals surface area contributed by atoms with E-state index in [1.807, 2.05) is 6.07 Å². The van der Waals surface area contributed by atoms with Crippen molar-refractivity contribution in [2.45, 2.75) is 32.9 Å². The first kappa shape index (κ1) is 18.3. The molecule has 0 aliphatic heterocycles. The largest absolute Gasteiger partial charge is 0.444 e. The van der Waals surface area contributed by atoms with Crippen LogP contribution in [-0.2, 0) is 11.3 Å². The van der Waals surface area contributed by atoms with E-state index in [2.05, 4.69) is 10.6 Å². The van der Waals surface area contributed by atoms with Crippen LogP contribution in [0, 0.1) is 0 Å². The number of ether oxygens (including phenoxy) is 1. The monoisotopic (exact) mass is 366 g/mol. The summed E-state index contributed by atoms with van der Waals surface area (Å²) < 4.78 is 5.87. The summed E-state index contributed by atoms with van der Waals surface area (Å²) in [6.07, 6.45) is -0.562. The lowest BCUT2D eigenvalue weighted by Gasteiger charge is -2.19. The molecule has 0 aliphatic carbocycles. The van der Waals surface area contributed by atoms with Crippen LogP contribution < -0.4 is 10.6 Å². The van der Waals surface area contributed by atoms with Gasteiger partial charge >= 0.3 is 6.09 Å².